The van der Waals surface area contributed by atoms with Crippen molar-refractivity contribution in [3.8, 4) is 22.6 Å². The Morgan fingerprint density at radius 3 is 2.53 bits per heavy atom. The van der Waals surface area contributed by atoms with Gasteiger partial charge in [-0.3, -0.25) is 4.79 Å². The number of aromatic nitrogens is 2. The van der Waals surface area contributed by atoms with E-state index in [1.165, 1.54) is 0 Å². The number of hydrogen-bond acceptors (Lipinski definition) is 6. The lowest BCUT2D eigenvalue weighted by atomic mass is 10.0. The van der Waals surface area contributed by atoms with Crippen molar-refractivity contribution >= 4 is 37.1 Å². The maximum Gasteiger partial charge on any atom is 0.228 e. The van der Waals surface area contributed by atoms with Gasteiger partial charge in [-0.1, -0.05) is 25.7 Å². The molecule has 1 aliphatic carbocycles. The second-order valence-corrected chi connectivity index (χ2v) is 16.1. The predicted molar refractivity (Wildman–Crippen MR) is 143 cm³/mol. The Bertz CT molecular complexity index is 1230. The molecule has 0 radical (unpaired) electrons. The van der Waals surface area contributed by atoms with E-state index in [4.69, 9.17) is 19.2 Å². The number of fused-ring (bicyclic) bond motifs is 1. The summed E-state index contributed by atoms with van der Waals surface area (Å²) in [5, 5.41) is 3.83. The van der Waals surface area contributed by atoms with Gasteiger partial charge in [-0.25, -0.2) is 4.98 Å². The smallest absolute Gasteiger partial charge is 0.228 e. The number of anilines is 1. The molecular weight excluding hydrogens is 474 g/mol. The molecule has 2 unspecified atom stereocenters. The first-order chi connectivity index (χ1) is 17.3. The molecule has 2 aromatic heterocycles. The number of benzene rings is 1. The first-order valence-corrected chi connectivity index (χ1v) is 16.0. The summed E-state index contributed by atoms with van der Waals surface area (Å²) >= 11 is 0. The van der Waals surface area contributed by atoms with E-state index in [0.717, 1.165) is 35.3 Å². The highest BCUT2D eigenvalue weighted by Gasteiger charge is 2.42. The summed E-state index contributed by atoms with van der Waals surface area (Å²) in [6.07, 6.45) is 4.04. The number of nitrogens with one attached hydrogen (secondary N) is 1. The third kappa shape index (κ3) is 5.79. The summed E-state index contributed by atoms with van der Waals surface area (Å²) < 4.78 is 19.3. The first-order valence-electron chi connectivity index (χ1n) is 12.3. The van der Waals surface area contributed by atoms with E-state index in [2.05, 4.69) is 25.0 Å². The largest absolute Gasteiger partial charge is 0.496 e. The number of aldehydes is 1. The van der Waals surface area contributed by atoms with Crippen LogP contribution in [0.2, 0.25) is 25.7 Å². The molecule has 4 rings (SSSR count). The van der Waals surface area contributed by atoms with Gasteiger partial charge in [0.15, 0.2) is 0 Å². The summed E-state index contributed by atoms with van der Waals surface area (Å²) in [4.78, 5) is 28.2. The van der Waals surface area contributed by atoms with Crippen LogP contribution in [0.4, 0.5) is 5.82 Å². The first kappa shape index (κ1) is 25.9. The second-order valence-electron chi connectivity index (χ2n) is 10.5. The molecule has 1 aromatic carbocycles. The summed E-state index contributed by atoms with van der Waals surface area (Å²) in [6.45, 7) is 7.99. The lowest BCUT2D eigenvalue weighted by molar-refractivity contribution is -0.117. The van der Waals surface area contributed by atoms with Crippen molar-refractivity contribution in [1.82, 2.24) is 9.55 Å². The molecule has 0 saturated heterocycles. The van der Waals surface area contributed by atoms with Crippen LogP contribution in [0.25, 0.3) is 22.2 Å². The van der Waals surface area contributed by atoms with Crippen molar-refractivity contribution < 1.29 is 23.8 Å². The standard InChI is InChI=1S/C27H35N3O5Si/c1-33-22-7-6-8-23(34-2)25(22)21-16-30(17-35-13-14-36(3,4)5)26-19(21)9-10-24(28-26)29-27(32)20-15-18(20)11-12-31/h6-10,12,16,18,20H,11,13-15,17H2,1-5H3,(H,28,29,32). The quantitative estimate of drug-likeness (QED) is 0.205. The van der Waals surface area contributed by atoms with Gasteiger partial charge >= 0.3 is 0 Å². The van der Waals surface area contributed by atoms with E-state index in [1.54, 1.807) is 20.3 Å². The Morgan fingerprint density at radius 2 is 1.89 bits per heavy atom. The van der Waals surface area contributed by atoms with Gasteiger partial charge < -0.3 is 28.9 Å². The fraction of sp³-hybridized carbons (Fsp3) is 0.444. The Balaban J connectivity index is 1.68. The van der Waals surface area contributed by atoms with Crippen LogP contribution in [0.5, 0.6) is 11.5 Å². The van der Waals surface area contributed by atoms with Gasteiger partial charge in [-0.2, -0.15) is 0 Å². The van der Waals surface area contributed by atoms with Crippen molar-refractivity contribution in [2.24, 2.45) is 11.8 Å². The summed E-state index contributed by atoms with van der Waals surface area (Å²) in [7, 11) is 2.06. The molecule has 0 aliphatic heterocycles. The van der Waals surface area contributed by atoms with Gasteiger partial charge in [0.05, 0.1) is 19.8 Å². The van der Waals surface area contributed by atoms with E-state index < -0.39 is 8.07 Å². The second kappa shape index (κ2) is 10.8. The normalized spacial score (nSPS) is 17.1. The zero-order valence-corrected chi connectivity index (χ0v) is 22.7. The van der Waals surface area contributed by atoms with Crippen LogP contribution in [0, 0.1) is 11.8 Å². The number of rotatable bonds is 12. The van der Waals surface area contributed by atoms with Crippen LogP contribution < -0.4 is 14.8 Å². The molecule has 0 spiro atoms. The molecular formula is C27H35N3O5Si. The van der Waals surface area contributed by atoms with E-state index in [0.29, 0.717) is 42.7 Å². The average molecular weight is 510 g/mol. The number of carbonyl (C=O) groups is 2. The molecule has 36 heavy (non-hydrogen) atoms. The molecule has 1 amide bonds. The maximum absolute atomic E-state index is 12.7. The van der Waals surface area contributed by atoms with Gasteiger partial charge in [0, 0.05) is 44.2 Å². The predicted octanol–water partition coefficient (Wildman–Crippen LogP) is 5.20. The van der Waals surface area contributed by atoms with E-state index in [9.17, 15) is 9.59 Å². The number of hydrogen-bond donors (Lipinski definition) is 1. The van der Waals surface area contributed by atoms with Crippen molar-refractivity contribution in [2.45, 2.75) is 45.3 Å². The Morgan fingerprint density at radius 1 is 1.17 bits per heavy atom. The number of amides is 1. The molecule has 2 heterocycles. The third-order valence-corrected chi connectivity index (χ3v) is 8.26. The molecule has 1 aliphatic rings. The number of pyridine rings is 1. The monoisotopic (exact) mass is 509 g/mol. The van der Waals surface area contributed by atoms with Crippen LogP contribution in [-0.2, 0) is 21.1 Å². The molecule has 0 bridgehead atoms. The maximum atomic E-state index is 12.7. The van der Waals surface area contributed by atoms with E-state index >= 15 is 0 Å². The van der Waals surface area contributed by atoms with Crippen LogP contribution in [0.1, 0.15) is 12.8 Å². The fourth-order valence-electron chi connectivity index (χ4n) is 4.36. The molecule has 192 valence electrons. The van der Waals surface area contributed by atoms with Gasteiger partial charge in [-0.05, 0) is 42.6 Å². The highest BCUT2D eigenvalue weighted by molar-refractivity contribution is 6.76. The lowest BCUT2D eigenvalue weighted by Gasteiger charge is -2.15. The van der Waals surface area contributed by atoms with E-state index in [-0.39, 0.29) is 17.7 Å². The fourth-order valence-corrected chi connectivity index (χ4v) is 5.12. The lowest BCUT2D eigenvalue weighted by Crippen LogP contribution is -2.22. The molecule has 1 N–H and O–H groups in total. The van der Waals surface area contributed by atoms with Crippen molar-refractivity contribution in [2.75, 3.05) is 26.1 Å². The van der Waals surface area contributed by atoms with E-state index in [1.807, 2.05) is 35.0 Å². The van der Waals surface area contributed by atoms with Crippen LogP contribution in [0.3, 0.4) is 0 Å². The SMILES string of the molecule is COc1cccc(OC)c1-c1cn(COCC[Si](C)(C)C)c2nc(NC(=O)C3CC3CC=O)ccc12. The van der Waals surface area contributed by atoms with Gasteiger partial charge in [0.25, 0.3) is 0 Å². The number of nitrogens with zero attached hydrogens (tertiary/aromatic N) is 2. The van der Waals surface area contributed by atoms with Crippen molar-refractivity contribution in [3.63, 3.8) is 0 Å². The zero-order chi connectivity index (χ0) is 25.9. The molecule has 9 heteroatoms. The number of carbonyl (C=O) groups excluding carboxylic acids is 2. The van der Waals surface area contributed by atoms with Gasteiger partial charge in [0.1, 0.15) is 36.0 Å². The van der Waals surface area contributed by atoms with Crippen molar-refractivity contribution in [1.29, 1.82) is 0 Å². The molecule has 1 saturated carbocycles. The Hall–Kier alpha value is -3.17. The molecule has 8 nitrogen and oxygen atoms in total. The molecule has 2 atom stereocenters. The third-order valence-electron chi connectivity index (χ3n) is 6.56. The number of methoxy groups -OCH3 is 2. The Kier molecular flexibility index (Phi) is 7.80. The molecule has 1 fully saturated rings. The minimum absolute atomic E-state index is 0.0928. The number of ether oxygens (including phenoxy) is 3. The van der Waals surface area contributed by atoms with Gasteiger partial charge in [0.2, 0.25) is 5.91 Å². The summed E-state index contributed by atoms with van der Waals surface area (Å²) in [5.74, 6) is 1.78. The molecule has 3 aromatic rings. The van der Waals surface area contributed by atoms with Crippen molar-refractivity contribution in [3.05, 3.63) is 36.5 Å². The topological polar surface area (TPSA) is 91.7 Å². The highest BCUT2D eigenvalue weighted by atomic mass is 28.3. The highest BCUT2D eigenvalue weighted by Crippen LogP contribution is 2.43. The van der Waals surface area contributed by atoms with Crippen LogP contribution in [0.15, 0.2) is 36.5 Å². The van der Waals surface area contributed by atoms with Crippen LogP contribution in [-0.4, -0.2) is 50.6 Å². The average Bonchev–Trinajstić information content (AvgIpc) is 3.54. The minimum atomic E-state index is -1.22. The Labute approximate surface area is 213 Å². The summed E-state index contributed by atoms with van der Waals surface area (Å²) in [5.41, 5.74) is 2.44. The summed E-state index contributed by atoms with van der Waals surface area (Å²) in [6, 6.07) is 10.5. The minimum Gasteiger partial charge on any atom is -0.496 e. The van der Waals surface area contributed by atoms with Crippen LogP contribution >= 0.6 is 0 Å². The zero-order valence-electron chi connectivity index (χ0n) is 21.7. The van der Waals surface area contributed by atoms with Gasteiger partial charge in [-0.15, -0.1) is 0 Å².